The predicted molar refractivity (Wildman–Crippen MR) is 79.4 cm³/mol. The normalized spacial score (nSPS) is 14.9. The number of aromatic nitrogens is 2. The van der Waals surface area contributed by atoms with Gasteiger partial charge >= 0.3 is 0 Å². The van der Waals surface area contributed by atoms with E-state index in [4.69, 9.17) is 5.73 Å². The highest BCUT2D eigenvalue weighted by Gasteiger charge is 2.26. The molecule has 0 aliphatic heterocycles. The lowest BCUT2D eigenvalue weighted by molar-refractivity contribution is -0.116. The predicted octanol–water partition coefficient (Wildman–Crippen LogP) is 0.533. The molecule has 2 amide bonds. The molecular weight excluding hydrogens is 286 g/mol. The number of hydrogen-bond acceptors (Lipinski definition) is 6. The fourth-order valence-electron chi connectivity index (χ4n) is 1.74. The summed E-state index contributed by atoms with van der Waals surface area (Å²) >= 11 is 0. The molecule has 0 bridgehead atoms. The fraction of sp³-hybridized carbons (Fsp3) is 0.286. The highest BCUT2D eigenvalue weighted by Crippen LogP contribution is 2.25. The Hall–Kier alpha value is -2.90. The molecule has 8 heteroatoms. The van der Waals surface area contributed by atoms with Crippen LogP contribution in [0.25, 0.3) is 0 Å². The maximum absolute atomic E-state index is 11.9. The van der Waals surface area contributed by atoms with Crippen LogP contribution in [0.3, 0.4) is 0 Å². The van der Waals surface area contributed by atoms with E-state index < -0.39 is 11.8 Å². The molecule has 4 N–H and O–H groups in total. The van der Waals surface area contributed by atoms with Gasteiger partial charge in [0.25, 0.3) is 5.91 Å². The molecule has 0 atom stereocenters. The van der Waals surface area contributed by atoms with Gasteiger partial charge in [0, 0.05) is 24.1 Å². The van der Waals surface area contributed by atoms with E-state index in [2.05, 4.69) is 15.3 Å². The van der Waals surface area contributed by atoms with Crippen molar-refractivity contribution in [3.8, 4) is 5.88 Å². The first-order valence-electron chi connectivity index (χ1n) is 6.72. The molecule has 0 spiro atoms. The molecule has 1 aromatic heterocycles. The van der Waals surface area contributed by atoms with Crippen LogP contribution in [0.2, 0.25) is 0 Å². The monoisotopic (exact) mass is 303 g/mol. The van der Waals surface area contributed by atoms with Crippen LogP contribution in [-0.4, -0.2) is 38.3 Å². The van der Waals surface area contributed by atoms with Crippen molar-refractivity contribution in [2.24, 2.45) is 0 Å². The van der Waals surface area contributed by atoms with E-state index in [0.29, 0.717) is 11.7 Å². The Kier molecular flexibility index (Phi) is 4.72. The Morgan fingerprint density at radius 1 is 1.55 bits per heavy atom. The van der Waals surface area contributed by atoms with Gasteiger partial charge in [0.1, 0.15) is 5.56 Å². The molecule has 1 aliphatic carbocycles. The van der Waals surface area contributed by atoms with E-state index >= 15 is 0 Å². The number of nitrogens with zero attached hydrogens (tertiary/aromatic N) is 3. The van der Waals surface area contributed by atoms with E-state index in [9.17, 15) is 14.7 Å². The summed E-state index contributed by atoms with van der Waals surface area (Å²) in [6.45, 7) is 1.68. The van der Waals surface area contributed by atoms with Crippen molar-refractivity contribution in [2.45, 2.75) is 25.8 Å². The summed E-state index contributed by atoms with van der Waals surface area (Å²) in [6.07, 6.45) is 8.92. The molecule has 1 saturated carbocycles. The minimum absolute atomic E-state index is 0.0709. The third-order valence-corrected chi connectivity index (χ3v) is 3.04. The summed E-state index contributed by atoms with van der Waals surface area (Å²) in [7, 11) is 0. The number of nitrogen functional groups attached to an aromatic ring is 1. The van der Waals surface area contributed by atoms with Crippen LogP contribution in [0.4, 0.5) is 5.95 Å². The number of nitrogens with one attached hydrogen (secondary N) is 1. The summed E-state index contributed by atoms with van der Waals surface area (Å²) < 4.78 is 0. The van der Waals surface area contributed by atoms with Gasteiger partial charge in [-0.05, 0) is 31.9 Å². The van der Waals surface area contributed by atoms with Gasteiger partial charge in [-0.25, -0.2) is 4.98 Å². The highest BCUT2D eigenvalue weighted by molar-refractivity contribution is 5.97. The lowest BCUT2D eigenvalue weighted by Gasteiger charge is -2.09. The van der Waals surface area contributed by atoms with Crippen LogP contribution in [0.15, 0.2) is 30.2 Å². The van der Waals surface area contributed by atoms with E-state index in [1.807, 2.05) is 0 Å². The molecule has 1 fully saturated rings. The zero-order valence-electron chi connectivity index (χ0n) is 12.1. The first-order valence-corrected chi connectivity index (χ1v) is 6.72. The summed E-state index contributed by atoms with van der Waals surface area (Å²) in [5, 5.41) is 12.1. The molecule has 1 heterocycles. The van der Waals surface area contributed by atoms with Gasteiger partial charge in [-0.1, -0.05) is 0 Å². The van der Waals surface area contributed by atoms with Gasteiger partial charge < -0.3 is 21.1 Å². The van der Waals surface area contributed by atoms with E-state index in [1.54, 1.807) is 30.2 Å². The minimum Gasteiger partial charge on any atom is -0.493 e. The quantitative estimate of drug-likeness (QED) is 0.520. The molecule has 2 rings (SSSR count). The van der Waals surface area contributed by atoms with Crippen LogP contribution in [0.1, 0.15) is 30.1 Å². The average Bonchev–Trinajstić information content (AvgIpc) is 3.28. The second-order valence-electron chi connectivity index (χ2n) is 4.89. The SMILES string of the molecule is C/C(=C\C=C/N(C=O)C1CC1)NC(=O)c1cnc(N)nc1O. The number of carbonyl (C=O) groups is 2. The summed E-state index contributed by atoms with van der Waals surface area (Å²) in [4.78, 5) is 31.5. The Balaban J connectivity index is 1.96. The van der Waals surface area contributed by atoms with Crippen molar-refractivity contribution in [1.29, 1.82) is 0 Å². The van der Waals surface area contributed by atoms with Crippen LogP contribution in [0, 0.1) is 0 Å². The Bertz CT molecular complexity index is 637. The van der Waals surface area contributed by atoms with Gasteiger partial charge in [-0.3, -0.25) is 9.59 Å². The van der Waals surface area contributed by atoms with Crippen molar-refractivity contribution in [2.75, 3.05) is 5.73 Å². The van der Waals surface area contributed by atoms with Gasteiger partial charge in [0.15, 0.2) is 0 Å². The van der Waals surface area contributed by atoms with Gasteiger partial charge in [0.05, 0.1) is 0 Å². The molecule has 116 valence electrons. The minimum atomic E-state index is -0.547. The van der Waals surface area contributed by atoms with Crippen LogP contribution in [0.5, 0.6) is 5.88 Å². The molecule has 22 heavy (non-hydrogen) atoms. The number of carbonyl (C=O) groups excluding carboxylic acids is 2. The summed E-state index contributed by atoms with van der Waals surface area (Å²) in [6, 6.07) is 0.293. The first-order chi connectivity index (χ1) is 10.5. The average molecular weight is 303 g/mol. The van der Waals surface area contributed by atoms with Crippen molar-refractivity contribution in [1.82, 2.24) is 20.2 Å². The third kappa shape index (κ3) is 4.05. The number of amides is 2. The fourth-order valence-corrected chi connectivity index (χ4v) is 1.74. The number of nitrogens with two attached hydrogens (primary N) is 1. The maximum atomic E-state index is 11.9. The second kappa shape index (κ2) is 6.70. The van der Waals surface area contributed by atoms with Crippen molar-refractivity contribution >= 4 is 18.3 Å². The number of rotatable bonds is 6. The number of hydrogen-bond donors (Lipinski definition) is 3. The molecule has 1 aromatic rings. The number of aromatic hydroxyl groups is 1. The van der Waals surface area contributed by atoms with Gasteiger partial charge in [0.2, 0.25) is 18.2 Å². The van der Waals surface area contributed by atoms with Crippen LogP contribution < -0.4 is 11.1 Å². The van der Waals surface area contributed by atoms with E-state index in [0.717, 1.165) is 25.4 Å². The van der Waals surface area contributed by atoms with Crippen molar-refractivity contribution < 1.29 is 14.7 Å². The highest BCUT2D eigenvalue weighted by atomic mass is 16.3. The smallest absolute Gasteiger partial charge is 0.262 e. The van der Waals surface area contributed by atoms with E-state index in [-0.39, 0.29) is 11.5 Å². The third-order valence-electron chi connectivity index (χ3n) is 3.04. The second-order valence-corrected chi connectivity index (χ2v) is 4.89. The lowest BCUT2D eigenvalue weighted by atomic mass is 10.3. The Morgan fingerprint density at radius 2 is 2.27 bits per heavy atom. The topological polar surface area (TPSA) is 121 Å². The summed E-state index contributed by atoms with van der Waals surface area (Å²) in [5.74, 6) is -1.14. The van der Waals surface area contributed by atoms with Crippen molar-refractivity contribution in [3.05, 3.63) is 35.8 Å². The largest absolute Gasteiger partial charge is 0.493 e. The molecule has 0 unspecified atom stereocenters. The maximum Gasteiger partial charge on any atom is 0.262 e. The first kappa shape index (κ1) is 15.5. The number of anilines is 1. The summed E-state index contributed by atoms with van der Waals surface area (Å²) in [5.41, 5.74) is 5.77. The zero-order valence-corrected chi connectivity index (χ0v) is 12.1. The standard InChI is InChI=1S/C14H17N5O3/c1-9(3-2-6-19(8-20)10-4-5-10)17-12(21)11-7-16-14(15)18-13(11)22/h2-3,6-8,10H,4-5H2,1H3,(H,17,21)(H3,15,16,18,22)/b6-2-,9-3+. The van der Waals surface area contributed by atoms with E-state index in [1.165, 1.54) is 0 Å². The van der Waals surface area contributed by atoms with Gasteiger partial charge in [-0.15, -0.1) is 0 Å². The molecule has 8 nitrogen and oxygen atoms in total. The molecule has 0 radical (unpaired) electrons. The Morgan fingerprint density at radius 3 is 2.86 bits per heavy atom. The number of allylic oxidation sites excluding steroid dienone is 3. The van der Waals surface area contributed by atoms with Crippen molar-refractivity contribution in [3.63, 3.8) is 0 Å². The Labute approximate surface area is 127 Å². The van der Waals surface area contributed by atoms with Gasteiger partial charge in [-0.2, -0.15) is 4.98 Å². The van der Waals surface area contributed by atoms with Crippen LogP contribution >= 0.6 is 0 Å². The molecular formula is C14H17N5O3. The van der Waals surface area contributed by atoms with Crippen LogP contribution in [-0.2, 0) is 4.79 Å². The zero-order chi connectivity index (χ0) is 16.1. The lowest BCUT2D eigenvalue weighted by Crippen LogP contribution is -2.22. The molecule has 0 saturated heterocycles. The molecule has 1 aliphatic rings. The molecule has 0 aromatic carbocycles.